The Balaban J connectivity index is 1.71. The highest BCUT2D eigenvalue weighted by molar-refractivity contribution is 9.25. The number of halogens is 4. The zero-order valence-electron chi connectivity index (χ0n) is 18.5. The number of hydrogen-bond acceptors (Lipinski definition) is 6. The molecular formula is C22H18Br4N3O6P. The number of carbonyl (C=O) groups excluding carboxylic acids is 1. The van der Waals surface area contributed by atoms with Crippen LogP contribution in [0.5, 0.6) is 0 Å². The summed E-state index contributed by atoms with van der Waals surface area (Å²) >= 11 is 12.8. The van der Waals surface area contributed by atoms with E-state index in [-0.39, 0.29) is 29.7 Å². The minimum absolute atomic E-state index is 0.0530. The van der Waals surface area contributed by atoms with E-state index in [1.807, 2.05) is 30.3 Å². The van der Waals surface area contributed by atoms with Crippen molar-refractivity contribution >= 4 is 88.3 Å². The second kappa shape index (κ2) is 9.68. The smallest absolute Gasteiger partial charge is 0.410 e. The van der Waals surface area contributed by atoms with Gasteiger partial charge in [0, 0.05) is 16.5 Å². The van der Waals surface area contributed by atoms with Crippen LogP contribution in [0.15, 0.2) is 41.2 Å². The van der Waals surface area contributed by atoms with Crippen LogP contribution in [0.25, 0.3) is 22.3 Å². The van der Waals surface area contributed by atoms with Crippen molar-refractivity contribution in [3.63, 3.8) is 0 Å². The molecule has 0 bridgehead atoms. The molecule has 36 heavy (non-hydrogen) atoms. The molecule has 0 amide bonds. The highest BCUT2D eigenvalue weighted by Crippen LogP contribution is 2.59. The van der Waals surface area contributed by atoms with Crippen LogP contribution in [0, 0.1) is 0 Å². The first-order chi connectivity index (χ1) is 17.0. The van der Waals surface area contributed by atoms with Crippen molar-refractivity contribution in [1.82, 2.24) is 14.2 Å². The van der Waals surface area contributed by atoms with Gasteiger partial charge in [-0.05, 0) is 24.6 Å². The summed E-state index contributed by atoms with van der Waals surface area (Å²) in [5.41, 5.74) is 0.818. The van der Waals surface area contributed by atoms with Crippen molar-refractivity contribution in [2.45, 2.75) is 39.8 Å². The number of pyridine rings is 2. The molecule has 2 aromatic heterocycles. The van der Waals surface area contributed by atoms with Gasteiger partial charge in [-0.15, -0.1) is 0 Å². The van der Waals surface area contributed by atoms with Gasteiger partial charge in [-0.3, -0.25) is 9.32 Å². The largest absolute Gasteiger partial charge is 0.458 e. The topological polar surface area (TPSA) is 111 Å². The summed E-state index contributed by atoms with van der Waals surface area (Å²) in [4.78, 5) is 42.6. The molecule has 2 aliphatic rings. The lowest BCUT2D eigenvalue weighted by atomic mass is 9.86. The van der Waals surface area contributed by atoms with E-state index in [9.17, 15) is 19.0 Å². The molecule has 2 aliphatic heterocycles. The Hall–Kier alpha value is -0.920. The van der Waals surface area contributed by atoms with Gasteiger partial charge in [0.2, 0.25) is 5.60 Å². The molecule has 9 nitrogen and oxygen atoms in total. The first kappa shape index (κ1) is 26.7. The van der Waals surface area contributed by atoms with Crippen molar-refractivity contribution in [3.8, 4) is 11.4 Å². The number of carbonyl (C=O) groups is 1. The molecule has 5 rings (SSSR count). The van der Waals surface area contributed by atoms with Gasteiger partial charge in [-0.2, -0.15) is 4.67 Å². The van der Waals surface area contributed by atoms with Crippen molar-refractivity contribution in [3.05, 3.63) is 63.4 Å². The summed E-state index contributed by atoms with van der Waals surface area (Å²) in [6.07, 6.45) is -0.0530. The second-order valence-electron chi connectivity index (χ2n) is 8.28. The second-order valence-corrected chi connectivity index (χ2v) is 15.8. The number of rotatable bonds is 6. The van der Waals surface area contributed by atoms with E-state index in [0.29, 0.717) is 17.9 Å². The molecule has 190 valence electrons. The highest BCUT2D eigenvalue weighted by Gasteiger charge is 2.54. The minimum Gasteiger partial charge on any atom is -0.458 e. The van der Waals surface area contributed by atoms with Crippen LogP contribution in [0.3, 0.4) is 0 Å². The zero-order valence-corrected chi connectivity index (χ0v) is 25.8. The third kappa shape index (κ3) is 4.20. The van der Waals surface area contributed by atoms with Crippen LogP contribution < -0.4 is 5.56 Å². The van der Waals surface area contributed by atoms with Crippen LogP contribution in [0.2, 0.25) is 0 Å². The molecule has 1 aromatic carbocycles. The Kier molecular flexibility index (Phi) is 7.17. The number of aromatic nitrogens is 2. The molecule has 1 N–H and O–H groups in total. The van der Waals surface area contributed by atoms with Crippen LogP contribution in [-0.4, -0.2) is 32.8 Å². The van der Waals surface area contributed by atoms with E-state index in [2.05, 4.69) is 63.7 Å². The number of benzene rings is 1. The van der Waals surface area contributed by atoms with Gasteiger partial charge in [-0.25, -0.2) is 14.3 Å². The molecule has 0 fully saturated rings. The number of ether oxygens (including phenoxy) is 1. The molecule has 3 aromatic rings. The van der Waals surface area contributed by atoms with Crippen LogP contribution in [0.1, 0.15) is 30.0 Å². The third-order valence-corrected chi connectivity index (χ3v) is 11.0. The Morgan fingerprint density at radius 1 is 1.22 bits per heavy atom. The number of fused-ring (bicyclic) bond motifs is 5. The van der Waals surface area contributed by atoms with Gasteiger partial charge in [0.05, 0.1) is 29.0 Å². The summed E-state index contributed by atoms with van der Waals surface area (Å²) < 4.78 is 25.6. The van der Waals surface area contributed by atoms with Crippen LogP contribution in [-0.2, 0) is 37.4 Å². The normalized spacial score (nSPS) is 20.4. The number of hydrogen-bond donors (Lipinski definition) is 1. The van der Waals surface area contributed by atoms with Crippen molar-refractivity contribution in [1.29, 1.82) is 0 Å². The van der Waals surface area contributed by atoms with Crippen LogP contribution in [0.4, 0.5) is 0 Å². The fraction of sp³-hybridized carbons (Fsp3) is 0.318. The maximum Gasteiger partial charge on any atom is 0.410 e. The van der Waals surface area contributed by atoms with Gasteiger partial charge < -0.3 is 14.2 Å². The maximum absolute atomic E-state index is 13.6. The number of alkyl halides is 4. The first-order valence-electron chi connectivity index (χ1n) is 10.7. The fourth-order valence-corrected chi connectivity index (χ4v) is 10.9. The monoisotopic (exact) mass is 767 g/mol. The highest BCUT2D eigenvalue weighted by atomic mass is 79.9. The molecule has 4 heterocycles. The predicted octanol–water partition coefficient (Wildman–Crippen LogP) is 5.65. The van der Waals surface area contributed by atoms with Crippen molar-refractivity contribution in [2.75, 3.05) is 0 Å². The number of esters is 1. The summed E-state index contributed by atoms with van der Waals surface area (Å²) in [5.74, 6) is -0.845. The van der Waals surface area contributed by atoms with E-state index >= 15 is 0 Å². The molecule has 0 radical (unpaired) electrons. The Bertz CT molecular complexity index is 1510. The Morgan fingerprint density at radius 3 is 2.58 bits per heavy atom. The van der Waals surface area contributed by atoms with Crippen molar-refractivity contribution < 1.29 is 23.5 Å². The molecule has 2 atom stereocenters. The predicted molar refractivity (Wildman–Crippen MR) is 148 cm³/mol. The van der Waals surface area contributed by atoms with E-state index < -0.39 is 27.0 Å². The molecule has 14 heteroatoms. The molecule has 0 saturated heterocycles. The van der Waals surface area contributed by atoms with Gasteiger partial charge in [0.25, 0.3) is 5.56 Å². The summed E-state index contributed by atoms with van der Waals surface area (Å²) in [5, 5.41) is 0.950. The number of para-hydroxylation sites is 1. The lowest BCUT2D eigenvalue weighted by Crippen LogP contribution is -2.47. The SMILES string of the molecule is CC[C@@]1(OP(=O)(O)N(C(Br)Br)C(Br)Br)C(=O)OCc2c1cc1n(c2=O)Cc2cc3ccccc3nc2-1. The average Bonchev–Trinajstić information content (AvgIpc) is 3.16. The third-order valence-electron chi connectivity index (χ3n) is 6.35. The van der Waals surface area contributed by atoms with Crippen LogP contribution >= 0.6 is 71.5 Å². The summed E-state index contributed by atoms with van der Waals surface area (Å²) in [6, 6.07) is 11.3. The molecular weight excluding hydrogens is 753 g/mol. The number of nitrogens with zero attached hydrogens (tertiary/aromatic N) is 3. The minimum atomic E-state index is -4.67. The first-order valence-corrected chi connectivity index (χ1v) is 15.9. The van der Waals surface area contributed by atoms with E-state index in [1.54, 1.807) is 17.6 Å². The molecule has 0 saturated carbocycles. The zero-order chi connectivity index (χ0) is 26.0. The lowest BCUT2D eigenvalue weighted by Gasteiger charge is -2.39. The molecule has 1 unspecified atom stereocenters. The Morgan fingerprint density at radius 2 is 1.92 bits per heavy atom. The molecule has 0 spiro atoms. The van der Waals surface area contributed by atoms with Gasteiger partial charge >= 0.3 is 13.7 Å². The van der Waals surface area contributed by atoms with Gasteiger partial charge in [-0.1, -0.05) is 88.8 Å². The van der Waals surface area contributed by atoms with Crippen molar-refractivity contribution in [2.24, 2.45) is 0 Å². The fourth-order valence-electron chi connectivity index (χ4n) is 4.62. The quantitative estimate of drug-likeness (QED) is 0.116. The van der Waals surface area contributed by atoms with E-state index in [0.717, 1.165) is 21.1 Å². The van der Waals surface area contributed by atoms with E-state index in [1.165, 1.54) is 0 Å². The standard InChI is InChI=1S/C22H18Br4N3O6P/c1-2-22(35-36(32,33)29(20(23)24)21(25)26)14-8-16-17-12(7-11-5-3-4-6-15(11)27-17)9-28(16)18(30)13(14)10-34-19(22)31/h3-8,20-21H,2,9-10H2,1H3,(H,32,33)/t22-/m0/s1. The Labute approximate surface area is 239 Å². The number of cyclic esters (lactones) is 1. The lowest BCUT2D eigenvalue weighted by molar-refractivity contribution is -0.170. The maximum atomic E-state index is 13.6. The van der Waals surface area contributed by atoms with Gasteiger partial charge in [0.15, 0.2) is 0 Å². The molecule has 0 aliphatic carbocycles. The summed E-state index contributed by atoms with van der Waals surface area (Å²) in [7, 11) is -4.67. The van der Waals surface area contributed by atoms with Gasteiger partial charge in [0.1, 0.15) is 14.3 Å². The average molecular weight is 771 g/mol. The van der Waals surface area contributed by atoms with E-state index in [4.69, 9.17) is 14.2 Å². The summed E-state index contributed by atoms with van der Waals surface area (Å²) in [6.45, 7) is 1.69.